The number of hydrogen-bond donors (Lipinski definition) is 0. The van der Waals surface area contributed by atoms with Gasteiger partial charge < -0.3 is 18.9 Å². The first-order valence-corrected chi connectivity index (χ1v) is 14.3. The molecule has 0 spiro atoms. The van der Waals surface area contributed by atoms with Crippen LogP contribution < -0.4 is 0 Å². The molecule has 0 bridgehead atoms. The van der Waals surface area contributed by atoms with E-state index in [1.165, 1.54) is 36.4 Å². The molecule has 1 heterocycles. The van der Waals surface area contributed by atoms with Gasteiger partial charge in [0.1, 0.15) is 6.10 Å². The molecule has 0 unspecified atom stereocenters. The Morgan fingerprint density at radius 3 is 1.63 bits per heavy atom. The zero-order valence-electron chi connectivity index (χ0n) is 25.0. The third-order valence-corrected chi connectivity index (χ3v) is 8.03. The van der Waals surface area contributed by atoms with Gasteiger partial charge >= 0.3 is 24.3 Å². The highest BCUT2D eigenvalue weighted by molar-refractivity contribution is 5.83. The first kappa shape index (κ1) is 34.9. The highest BCUT2D eigenvalue weighted by Crippen LogP contribution is 2.45. The van der Waals surface area contributed by atoms with Crippen LogP contribution in [-0.2, 0) is 46.3 Å². The predicted molar refractivity (Wildman–Crippen MR) is 153 cm³/mol. The van der Waals surface area contributed by atoms with Crippen LogP contribution in [0.15, 0.2) is 91.0 Å². The van der Waals surface area contributed by atoms with Crippen molar-refractivity contribution >= 4 is 11.9 Å². The van der Waals surface area contributed by atoms with E-state index in [2.05, 4.69) is 0 Å². The van der Waals surface area contributed by atoms with Crippen LogP contribution in [0.5, 0.6) is 0 Å². The van der Waals surface area contributed by atoms with Gasteiger partial charge in [0.2, 0.25) is 0 Å². The molecule has 0 radical (unpaired) electrons. The summed E-state index contributed by atoms with van der Waals surface area (Å²) in [4.78, 5) is 28.6. The first-order valence-electron chi connectivity index (χ1n) is 14.3. The van der Waals surface area contributed by atoms with Crippen LogP contribution >= 0.6 is 0 Å². The van der Waals surface area contributed by atoms with Gasteiger partial charge in [-0.1, -0.05) is 91.0 Å². The van der Waals surface area contributed by atoms with E-state index < -0.39 is 65.2 Å². The largest absolute Gasteiger partial charge is 0.463 e. The van der Waals surface area contributed by atoms with Crippen molar-refractivity contribution in [2.75, 3.05) is 33.9 Å². The molecule has 1 aliphatic rings. The number of halogens is 6. The third kappa shape index (κ3) is 6.91. The normalized spacial score (nSPS) is 20.3. The number of carbonyl (C=O) groups is 2. The van der Waals surface area contributed by atoms with Crippen LogP contribution in [-0.4, -0.2) is 69.2 Å². The molecule has 1 aliphatic heterocycles. The van der Waals surface area contributed by atoms with Gasteiger partial charge in [0.05, 0.1) is 6.61 Å². The summed E-state index contributed by atoms with van der Waals surface area (Å²) >= 11 is 0. The number of esters is 2. The standard InChI is InChI=1S/C33H33F6NO6/c1-43-30(32(34,35)36,25-14-8-4-9-15-25)28(41)45-22-24-21-40(20-23-12-6-3-7-13-23)19-18-27(24)46-29(42)31(44-2,33(37,38)39)26-16-10-5-11-17-26/h3-17,24,27H,18-22H2,1-2H3/t24-,27+,30-,31-/m0/s1. The van der Waals surface area contributed by atoms with E-state index in [1.807, 2.05) is 35.2 Å². The molecule has 3 aromatic carbocycles. The lowest BCUT2D eigenvalue weighted by atomic mass is 9.91. The number of nitrogens with zero attached hydrogens (tertiary/aromatic N) is 1. The zero-order chi connectivity index (χ0) is 33.6. The Morgan fingerprint density at radius 1 is 0.717 bits per heavy atom. The van der Waals surface area contributed by atoms with Gasteiger partial charge in [0.15, 0.2) is 0 Å². The quantitative estimate of drug-likeness (QED) is 0.181. The number of hydrogen-bond acceptors (Lipinski definition) is 7. The molecule has 13 heteroatoms. The maximum absolute atomic E-state index is 14.5. The molecular formula is C33H33F6NO6. The van der Waals surface area contributed by atoms with E-state index in [0.29, 0.717) is 6.54 Å². The summed E-state index contributed by atoms with van der Waals surface area (Å²) in [6.07, 6.45) is -11.7. The molecule has 248 valence electrons. The van der Waals surface area contributed by atoms with Crippen LogP contribution in [0.2, 0.25) is 0 Å². The SMILES string of the molecule is CO[C@](C(=O)OC[C@@H]1CN(Cc2ccccc2)CC[C@H]1OC(=O)[C@@](OC)(c1ccccc1)C(F)(F)F)(c1ccccc1)C(F)(F)F. The summed E-state index contributed by atoms with van der Waals surface area (Å²) in [7, 11) is 1.45. The Kier molecular flexibility index (Phi) is 10.8. The van der Waals surface area contributed by atoms with Crippen molar-refractivity contribution in [1.82, 2.24) is 4.90 Å². The highest BCUT2D eigenvalue weighted by Gasteiger charge is 2.65. The zero-order valence-corrected chi connectivity index (χ0v) is 25.0. The maximum Gasteiger partial charge on any atom is 0.432 e. The van der Waals surface area contributed by atoms with Gasteiger partial charge in [0.25, 0.3) is 11.2 Å². The number of ether oxygens (including phenoxy) is 4. The number of methoxy groups -OCH3 is 2. The van der Waals surface area contributed by atoms with Crippen LogP contribution in [0.25, 0.3) is 0 Å². The summed E-state index contributed by atoms with van der Waals surface area (Å²) in [6, 6.07) is 21.6. The number of alkyl halides is 6. The second-order valence-corrected chi connectivity index (χ2v) is 10.8. The predicted octanol–water partition coefficient (Wildman–Crippen LogP) is 6.17. The van der Waals surface area contributed by atoms with E-state index in [0.717, 1.165) is 44.0 Å². The molecule has 0 aromatic heterocycles. The van der Waals surface area contributed by atoms with E-state index >= 15 is 0 Å². The number of rotatable bonds is 11. The minimum absolute atomic E-state index is 0.000604. The van der Waals surface area contributed by atoms with Crippen LogP contribution in [0, 0.1) is 5.92 Å². The molecule has 4 atom stereocenters. The maximum atomic E-state index is 14.5. The summed E-state index contributed by atoms with van der Waals surface area (Å²) in [5.74, 6) is -4.54. The lowest BCUT2D eigenvalue weighted by Crippen LogP contribution is -2.55. The fourth-order valence-corrected chi connectivity index (χ4v) is 5.67. The van der Waals surface area contributed by atoms with Crippen LogP contribution in [0.4, 0.5) is 26.3 Å². The molecule has 0 amide bonds. The molecule has 0 N–H and O–H groups in total. The Balaban J connectivity index is 1.63. The molecular weight excluding hydrogens is 620 g/mol. The van der Waals surface area contributed by atoms with E-state index in [-0.39, 0.29) is 19.5 Å². The molecule has 0 aliphatic carbocycles. The van der Waals surface area contributed by atoms with E-state index in [9.17, 15) is 35.9 Å². The first-order chi connectivity index (χ1) is 21.8. The third-order valence-electron chi connectivity index (χ3n) is 8.03. The van der Waals surface area contributed by atoms with Crippen molar-refractivity contribution < 1.29 is 54.9 Å². The fraction of sp³-hybridized carbons (Fsp3) is 0.394. The van der Waals surface area contributed by atoms with Gasteiger partial charge in [-0.05, 0) is 12.0 Å². The van der Waals surface area contributed by atoms with Crippen LogP contribution in [0.1, 0.15) is 23.1 Å². The Bertz CT molecular complexity index is 1440. The summed E-state index contributed by atoms with van der Waals surface area (Å²) in [5.41, 5.74) is -7.10. The molecule has 46 heavy (non-hydrogen) atoms. The number of piperidine rings is 1. The van der Waals surface area contributed by atoms with Crippen molar-refractivity contribution in [3.63, 3.8) is 0 Å². The average Bonchev–Trinajstić information content (AvgIpc) is 3.02. The monoisotopic (exact) mass is 653 g/mol. The van der Waals surface area contributed by atoms with Gasteiger partial charge in [-0.15, -0.1) is 0 Å². The smallest absolute Gasteiger partial charge is 0.432 e. The second-order valence-electron chi connectivity index (χ2n) is 10.8. The highest BCUT2D eigenvalue weighted by atomic mass is 19.4. The molecule has 0 saturated carbocycles. The lowest BCUT2D eigenvalue weighted by Gasteiger charge is -2.40. The second kappa shape index (κ2) is 14.2. The minimum atomic E-state index is -5.24. The van der Waals surface area contributed by atoms with E-state index in [1.54, 1.807) is 0 Å². The van der Waals surface area contributed by atoms with Gasteiger partial charge in [-0.25, -0.2) is 9.59 Å². The summed E-state index contributed by atoms with van der Waals surface area (Å²) < 4.78 is 107. The number of carbonyl (C=O) groups excluding carboxylic acids is 2. The molecule has 1 saturated heterocycles. The Morgan fingerprint density at radius 2 is 1.17 bits per heavy atom. The van der Waals surface area contributed by atoms with Crippen molar-refractivity contribution in [2.24, 2.45) is 5.92 Å². The van der Waals surface area contributed by atoms with E-state index in [4.69, 9.17) is 18.9 Å². The Hall–Kier alpha value is -3.94. The minimum Gasteiger partial charge on any atom is -0.463 e. The van der Waals surface area contributed by atoms with Crippen molar-refractivity contribution in [3.05, 3.63) is 108 Å². The van der Waals surface area contributed by atoms with Crippen LogP contribution in [0.3, 0.4) is 0 Å². The molecule has 4 rings (SSSR count). The number of likely N-dealkylation sites (tertiary alicyclic amines) is 1. The molecule has 7 nitrogen and oxygen atoms in total. The van der Waals surface area contributed by atoms with Gasteiger partial charge in [-0.2, -0.15) is 26.3 Å². The average molecular weight is 654 g/mol. The summed E-state index contributed by atoms with van der Waals surface area (Å²) in [6.45, 7) is -0.0411. The van der Waals surface area contributed by atoms with Crippen molar-refractivity contribution in [1.29, 1.82) is 0 Å². The van der Waals surface area contributed by atoms with Crippen molar-refractivity contribution in [2.45, 2.75) is 42.6 Å². The molecule has 1 fully saturated rings. The van der Waals surface area contributed by atoms with Gasteiger partial charge in [-0.3, -0.25) is 4.90 Å². The molecule has 3 aromatic rings. The topological polar surface area (TPSA) is 74.3 Å². The summed E-state index contributed by atoms with van der Waals surface area (Å²) in [5, 5.41) is 0. The lowest BCUT2D eigenvalue weighted by molar-refractivity contribution is -0.280. The van der Waals surface area contributed by atoms with Gasteiger partial charge in [0, 0.05) is 50.9 Å². The Labute approximate surface area is 262 Å². The number of benzene rings is 3. The fourth-order valence-electron chi connectivity index (χ4n) is 5.67. The van der Waals surface area contributed by atoms with Crippen molar-refractivity contribution in [3.8, 4) is 0 Å².